The first kappa shape index (κ1) is 38.8. The summed E-state index contributed by atoms with van der Waals surface area (Å²) in [6.07, 6.45) is -19.0. The molecular weight excluding hydrogens is 721 g/mol. The zero-order valence-corrected chi connectivity index (χ0v) is 24.4. The van der Waals surface area contributed by atoms with Gasteiger partial charge in [0.05, 0.1) is 0 Å². The summed E-state index contributed by atoms with van der Waals surface area (Å²) in [5.74, 6) is 0. The number of rotatable bonds is 14. The van der Waals surface area contributed by atoms with E-state index in [1.807, 2.05) is 0 Å². The number of phosphoric acid groups is 7. The van der Waals surface area contributed by atoms with Crippen LogP contribution < -0.4 is 0 Å². The molecule has 13 N–H and O–H groups in total. The van der Waals surface area contributed by atoms with Crippen molar-refractivity contribution in [3.8, 4) is 0 Å². The molecule has 1 saturated carbocycles. The van der Waals surface area contributed by atoms with Crippen LogP contribution in [-0.4, -0.2) is 101 Å². The van der Waals surface area contributed by atoms with Crippen molar-refractivity contribution in [1.29, 1.82) is 0 Å². The molecule has 240 valence electrons. The number of hydrogen-bond donors (Lipinski definition) is 13. The lowest BCUT2D eigenvalue weighted by Gasteiger charge is -2.46. The second-order valence-electron chi connectivity index (χ2n) is 6.87. The van der Waals surface area contributed by atoms with Crippen LogP contribution in [0.2, 0.25) is 0 Å². The molecule has 0 amide bonds. The van der Waals surface area contributed by atoms with Crippen molar-refractivity contribution < 1.29 is 127 Å². The van der Waals surface area contributed by atoms with E-state index in [2.05, 4.69) is 31.0 Å². The van der Waals surface area contributed by atoms with E-state index in [0.717, 1.165) is 0 Å². The number of hydrogen-bond acceptors (Lipinski definition) is 16. The van der Waals surface area contributed by atoms with Crippen molar-refractivity contribution in [2.45, 2.75) is 36.6 Å². The van der Waals surface area contributed by atoms with Gasteiger partial charge in [0.2, 0.25) is 0 Å². The molecule has 0 aromatic carbocycles. The minimum Gasteiger partial charge on any atom is -0.387 e. The van der Waals surface area contributed by atoms with Crippen LogP contribution in [0.5, 0.6) is 0 Å². The Morgan fingerprint density at radius 2 is 0.575 bits per heavy atom. The van der Waals surface area contributed by atoms with Gasteiger partial charge in [0.15, 0.2) is 0 Å². The van der Waals surface area contributed by atoms with Gasteiger partial charge in [0.25, 0.3) is 0 Å². The predicted octanol–water partition coefficient (Wildman–Crippen LogP) is -3.02. The molecule has 0 bridgehead atoms. The molecule has 1 rings (SSSR count). The van der Waals surface area contributed by atoms with Crippen LogP contribution in [0.4, 0.5) is 0 Å². The van der Waals surface area contributed by atoms with Crippen LogP contribution in [0.15, 0.2) is 0 Å². The maximum absolute atomic E-state index is 12.2. The van der Waals surface area contributed by atoms with E-state index in [-0.39, 0.29) is 0 Å². The van der Waals surface area contributed by atoms with Gasteiger partial charge in [-0.05, 0) is 0 Å². The molecule has 3 unspecified atom stereocenters. The first-order valence-corrected chi connectivity index (χ1v) is 19.4. The van der Waals surface area contributed by atoms with Crippen molar-refractivity contribution in [3.05, 3.63) is 0 Å². The molecule has 0 heterocycles. The summed E-state index contributed by atoms with van der Waals surface area (Å²) < 4.78 is 107. The Morgan fingerprint density at radius 3 is 0.800 bits per heavy atom. The van der Waals surface area contributed by atoms with Crippen LogP contribution in [0.3, 0.4) is 0 Å². The van der Waals surface area contributed by atoms with Crippen molar-refractivity contribution in [2.75, 3.05) is 0 Å². The Labute approximate surface area is 219 Å². The Bertz CT molecular complexity index is 1230. The highest BCUT2D eigenvalue weighted by Crippen LogP contribution is 2.64. The first-order valence-electron chi connectivity index (χ1n) is 8.76. The summed E-state index contributed by atoms with van der Waals surface area (Å²) in [5, 5.41) is 20.5. The van der Waals surface area contributed by atoms with E-state index < -0.39 is 91.4 Å². The summed E-state index contributed by atoms with van der Waals surface area (Å²) in [4.78, 5) is 99.5. The van der Waals surface area contributed by atoms with E-state index in [4.69, 9.17) is 39.1 Å². The second-order valence-corrected chi connectivity index (χ2v) is 16.4. The normalized spacial score (nSPS) is 31.6. The summed E-state index contributed by atoms with van der Waals surface area (Å²) >= 11 is 0. The van der Waals surface area contributed by atoms with Crippen molar-refractivity contribution in [2.24, 2.45) is 0 Å². The summed E-state index contributed by atoms with van der Waals surface area (Å²) in [5.41, 5.74) is 0. The lowest BCUT2D eigenvalue weighted by Crippen LogP contribution is -2.65. The second kappa shape index (κ2) is 13.0. The molecule has 40 heavy (non-hydrogen) atoms. The average molecular weight is 740 g/mol. The van der Waals surface area contributed by atoms with E-state index in [1.54, 1.807) is 0 Å². The van der Waals surface area contributed by atoms with Gasteiger partial charge in [-0.25, -0.2) is 32.0 Å². The maximum Gasteiger partial charge on any atom is 0.481 e. The lowest BCUT2D eigenvalue weighted by molar-refractivity contribution is -0.208. The zero-order valence-electron chi connectivity index (χ0n) is 18.1. The van der Waals surface area contributed by atoms with Gasteiger partial charge < -0.3 is 64.0 Å². The number of aliphatic hydroxyl groups excluding tert-OH is 2. The molecule has 1 aliphatic carbocycles. The third kappa shape index (κ3) is 14.1. The highest BCUT2D eigenvalue weighted by Gasteiger charge is 2.60. The topological polar surface area (TPSA) is 447 Å². The highest BCUT2D eigenvalue weighted by molar-refractivity contribution is 7.61. The van der Waals surface area contributed by atoms with Crippen molar-refractivity contribution in [1.82, 2.24) is 0 Å². The molecule has 0 spiro atoms. The quantitative estimate of drug-likeness (QED) is 0.0788. The first-order chi connectivity index (χ1) is 17.3. The molecule has 27 nitrogen and oxygen atoms in total. The van der Waals surface area contributed by atoms with Gasteiger partial charge in [-0.1, -0.05) is 0 Å². The third-order valence-corrected chi connectivity index (χ3v) is 10.7. The monoisotopic (exact) mass is 740 g/mol. The van der Waals surface area contributed by atoms with E-state index in [0.29, 0.717) is 0 Å². The molecule has 1 aliphatic rings. The van der Waals surface area contributed by atoms with E-state index >= 15 is 0 Å². The molecule has 0 aliphatic heterocycles. The smallest absolute Gasteiger partial charge is 0.387 e. The third-order valence-electron chi connectivity index (χ3n) is 3.65. The van der Waals surface area contributed by atoms with E-state index in [1.165, 1.54) is 0 Å². The van der Waals surface area contributed by atoms with E-state index in [9.17, 15) is 56.8 Å². The van der Waals surface area contributed by atoms with Crippen LogP contribution in [0, 0.1) is 0 Å². The zero-order chi connectivity index (χ0) is 31.9. The van der Waals surface area contributed by atoms with Gasteiger partial charge in [-0.2, -0.15) is 12.9 Å². The van der Waals surface area contributed by atoms with Gasteiger partial charge in [-0.15, -0.1) is 0 Å². The highest BCUT2D eigenvalue weighted by atomic mass is 31.3. The molecule has 1 fully saturated rings. The number of aliphatic hydroxyl groups is 2. The molecule has 34 heteroatoms. The average Bonchev–Trinajstić information content (AvgIpc) is 2.58. The van der Waals surface area contributed by atoms with Crippen LogP contribution in [0.1, 0.15) is 0 Å². The summed E-state index contributed by atoms with van der Waals surface area (Å²) in [7, 11) is -43.1. The predicted molar refractivity (Wildman–Crippen MR) is 112 cm³/mol. The largest absolute Gasteiger partial charge is 0.481 e. The summed E-state index contributed by atoms with van der Waals surface area (Å²) in [6, 6.07) is 0. The van der Waals surface area contributed by atoms with Crippen LogP contribution in [-0.2, 0) is 63.0 Å². The van der Waals surface area contributed by atoms with Crippen molar-refractivity contribution in [3.63, 3.8) is 0 Å². The fourth-order valence-electron chi connectivity index (χ4n) is 2.72. The standard InChI is InChI=1S/C6H19O27P7/c7-1-2(8)4(28-38(21,22)31-35(12,13)14)6(30-40(25,26)33-37(18,19)20)5(3(1)27-34(9,10)11)29-39(23,24)32-36(15,16)17/h1-8H,(H,21,22)(H,23,24)(H,25,26)(H2,9,10,11)(H2,12,13,14)(H2,15,16,17)(H2,18,19,20)/t1-,2-,3+,4+,5-,6+/m0/s1. The minimum absolute atomic E-state index is 3.03. The Balaban J connectivity index is 3.84. The Morgan fingerprint density at radius 1 is 0.350 bits per heavy atom. The fraction of sp³-hybridized carbons (Fsp3) is 1.00. The van der Waals surface area contributed by atoms with Crippen LogP contribution >= 0.6 is 54.8 Å². The molecule has 0 radical (unpaired) electrons. The molecule has 9 atom stereocenters. The molecule has 0 aromatic heterocycles. The SMILES string of the molecule is O=P(O)(O)O[C@@H]1[C@@H](O)[C@H](O)[C@@H](OP(=O)(O)OP(=O)(O)O)[C@@H](OP(=O)(O)OP(=O)(O)O)[C@H]1OP(=O)(O)OP(=O)(O)O. The number of phosphoric ester groups is 4. The molecule has 0 saturated heterocycles. The van der Waals surface area contributed by atoms with Gasteiger partial charge >= 0.3 is 54.8 Å². The summed E-state index contributed by atoms with van der Waals surface area (Å²) in [6.45, 7) is 0. The van der Waals surface area contributed by atoms with Gasteiger partial charge in [0.1, 0.15) is 36.6 Å². The van der Waals surface area contributed by atoms with Gasteiger partial charge in [0, 0.05) is 0 Å². The molecular formula is C6H19O27P7. The minimum atomic E-state index is -6.39. The van der Waals surface area contributed by atoms with Crippen LogP contribution in [0.25, 0.3) is 0 Å². The lowest BCUT2D eigenvalue weighted by atomic mass is 9.85. The molecule has 0 aromatic rings. The fourth-order valence-corrected chi connectivity index (χ4v) is 8.61. The Hall–Kier alpha value is 0.810. The van der Waals surface area contributed by atoms with Crippen molar-refractivity contribution >= 4 is 54.8 Å². The maximum atomic E-state index is 12.2. The Kier molecular flexibility index (Phi) is 12.7. The van der Waals surface area contributed by atoms with Gasteiger partial charge in [-0.3, -0.25) is 18.1 Å².